The summed E-state index contributed by atoms with van der Waals surface area (Å²) in [6, 6.07) is 6.14. The van der Waals surface area contributed by atoms with E-state index < -0.39 is 12.2 Å². The Balaban J connectivity index is 1.98. The van der Waals surface area contributed by atoms with Crippen LogP contribution in [-0.4, -0.2) is 35.6 Å². The molecule has 0 aliphatic heterocycles. The second-order valence-corrected chi connectivity index (χ2v) is 9.37. The van der Waals surface area contributed by atoms with E-state index in [9.17, 15) is 10.2 Å². The molecule has 4 rings (SSSR count). The predicted molar refractivity (Wildman–Crippen MR) is 110 cm³/mol. The van der Waals surface area contributed by atoms with E-state index in [0.717, 1.165) is 46.0 Å². The average molecular weight is 435 g/mol. The number of hydrogen-bond acceptors (Lipinski definition) is 4. The van der Waals surface area contributed by atoms with Gasteiger partial charge >= 0.3 is 0 Å². The van der Waals surface area contributed by atoms with Gasteiger partial charge in [-0.2, -0.15) is 0 Å². The van der Waals surface area contributed by atoms with Crippen molar-refractivity contribution in [3.05, 3.63) is 33.8 Å². The predicted octanol–water partition coefficient (Wildman–Crippen LogP) is 4.66. The van der Waals surface area contributed by atoms with Crippen LogP contribution in [0.1, 0.15) is 57.1 Å². The molecule has 1 fully saturated rings. The van der Waals surface area contributed by atoms with Crippen molar-refractivity contribution in [2.24, 2.45) is 0 Å². The zero-order valence-electron chi connectivity index (χ0n) is 16.1. The van der Waals surface area contributed by atoms with Gasteiger partial charge in [-0.1, -0.05) is 22.9 Å². The van der Waals surface area contributed by atoms with Crippen molar-refractivity contribution in [1.82, 2.24) is 0 Å². The fraction of sp³-hybridized carbons (Fsp3) is 0.545. The smallest absolute Gasteiger partial charge is 0.131 e. The standard InChI is InChI=1S/C22H27BrO4/c1-12(24)10-26-20-17-8-15(23)4-5-16(17)21(27-11-13(2)25)19-18(20)14-6-7-22(19,3)9-14/h4-5,8,12-14,24-25H,6-7,9-11H2,1-3H3. The van der Waals surface area contributed by atoms with Gasteiger partial charge in [-0.25, -0.2) is 0 Å². The highest BCUT2D eigenvalue weighted by molar-refractivity contribution is 9.10. The number of ether oxygens (including phenoxy) is 2. The minimum Gasteiger partial charge on any atom is -0.490 e. The molecule has 27 heavy (non-hydrogen) atoms. The van der Waals surface area contributed by atoms with Crippen LogP contribution in [-0.2, 0) is 5.41 Å². The van der Waals surface area contributed by atoms with E-state index in [0.29, 0.717) is 5.92 Å². The van der Waals surface area contributed by atoms with Crippen molar-refractivity contribution in [3.8, 4) is 11.5 Å². The summed E-state index contributed by atoms with van der Waals surface area (Å²) >= 11 is 3.58. The lowest BCUT2D eigenvalue weighted by atomic mass is 9.78. The normalized spacial score (nSPS) is 25.5. The van der Waals surface area contributed by atoms with Gasteiger partial charge in [0.05, 0.1) is 12.2 Å². The summed E-state index contributed by atoms with van der Waals surface area (Å²) in [5.74, 6) is 2.24. The third kappa shape index (κ3) is 3.24. The van der Waals surface area contributed by atoms with Crippen LogP contribution in [0.5, 0.6) is 11.5 Å². The molecule has 0 saturated heterocycles. The van der Waals surface area contributed by atoms with Gasteiger partial charge in [-0.3, -0.25) is 0 Å². The summed E-state index contributed by atoms with van der Waals surface area (Å²) < 4.78 is 13.4. The van der Waals surface area contributed by atoms with Gasteiger partial charge < -0.3 is 19.7 Å². The third-order valence-corrected chi connectivity index (χ3v) is 6.40. The van der Waals surface area contributed by atoms with E-state index in [4.69, 9.17) is 9.47 Å². The Morgan fingerprint density at radius 3 is 2.44 bits per heavy atom. The molecule has 0 spiro atoms. The summed E-state index contributed by atoms with van der Waals surface area (Å²) in [6.07, 6.45) is 2.36. The van der Waals surface area contributed by atoms with Gasteiger partial charge in [0.1, 0.15) is 24.7 Å². The molecule has 4 atom stereocenters. The van der Waals surface area contributed by atoms with Crippen LogP contribution in [0, 0.1) is 0 Å². The number of hydrogen-bond donors (Lipinski definition) is 2. The van der Waals surface area contributed by atoms with Crippen molar-refractivity contribution in [2.45, 2.75) is 63.6 Å². The number of aliphatic hydroxyl groups excluding tert-OH is 2. The summed E-state index contributed by atoms with van der Waals surface area (Å²) in [7, 11) is 0. The molecule has 0 radical (unpaired) electrons. The molecule has 4 nitrogen and oxygen atoms in total. The molecule has 146 valence electrons. The summed E-state index contributed by atoms with van der Waals surface area (Å²) in [4.78, 5) is 0. The van der Waals surface area contributed by atoms with Crippen LogP contribution in [0.3, 0.4) is 0 Å². The second kappa shape index (κ2) is 6.94. The van der Waals surface area contributed by atoms with Crippen molar-refractivity contribution in [2.75, 3.05) is 13.2 Å². The Labute approximate surface area is 168 Å². The number of aliphatic hydroxyl groups is 2. The van der Waals surface area contributed by atoms with Crippen LogP contribution < -0.4 is 9.47 Å². The second-order valence-electron chi connectivity index (χ2n) is 8.46. The quantitative estimate of drug-likeness (QED) is 0.693. The minimum absolute atomic E-state index is 0.0816. The van der Waals surface area contributed by atoms with Gasteiger partial charge in [0.25, 0.3) is 0 Å². The maximum absolute atomic E-state index is 9.79. The number of fused-ring (bicyclic) bond motifs is 6. The zero-order chi connectivity index (χ0) is 19.3. The van der Waals surface area contributed by atoms with E-state index in [-0.39, 0.29) is 18.6 Å². The van der Waals surface area contributed by atoms with Crippen LogP contribution in [0.25, 0.3) is 10.8 Å². The van der Waals surface area contributed by atoms with Crippen LogP contribution >= 0.6 is 15.9 Å². The number of halogens is 1. The van der Waals surface area contributed by atoms with Crippen molar-refractivity contribution >= 4 is 26.7 Å². The molecule has 2 aromatic carbocycles. The van der Waals surface area contributed by atoms with Gasteiger partial charge in [-0.05, 0) is 62.6 Å². The molecule has 2 aromatic rings. The number of rotatable bonds is 6. The zero-order valence-corrected chi connectivity index (χ0v) is 17.7. The van der Waals surface area contributed by atoms with Gasteiger partial charge in [0, 0.05) is 26.4 Å². The Morgan fingerprint density at radius 1 is 1.11 bits per heavy atom. The van der Waals surface area contributed by atoms with Gasteiger partial charge in [-0.15, -0.1) is 0 Å². The first-order valence-electron chi connectivity index (χ1n) is 9.71. The molecular weight excluding hydrogens is 408 g/mol. The van der Waals surface area contributed by atoms with Crippen molar-refractivity contribution in [1.29, 1.82) is 0 Å². The highest BCUT2D eigenvalue weighted by Gasteiger charge is 2.50. The van der Waals surface area contributed by atoms with Crippen LogP contribution in [0.15, 0.2) is 22.7 Å². The first-order chi connectivity index (χ1) is 12.8. The Kier molecular flexibility index (Phi) is 4.90. The average Bonchev–Trinajstić information content (AvgIpc) is 3.12. The van der Waals surface area contributed by atoms with E-state index in [2.05, 4.69) is 35.0 Å². The van der Waals surface area contributed by atoms with E-state index >= 15 is 0 Å². The molecule has 0 amide bonds. The third-order valence-electron chi connectivity index (χ3n) is 5.90. The summed E-state index contributed by atoms with van der Waals surface area (Å²) in [5.41, 5.74) is 2.57. The Hall–Kier alpha value is -1.30. The lowest BCUT2D eigenvalue weighted by molar-refractivity contribution is 0.120. The lowest BCUT2D eigenvalue weighted by Gasteiger charge is -2.30. The lowest BCUT2D eigenvalue weighted by Crippen LogP contribution is -2.21. The Bertz CT molecular complexity index is 876. The van der Waals surface area contributed by atoms with Gasteiger partial charge in [0.2, 0.25) is 0 Å². The molecule has 5 heteroatoms. The molecular formula is C22H27BrO4. The van der Waals surface area contributed by atoms with Crippen molar-refractivity contribution < 1.29 is 19.7 Å². The van der Waals surface area contributed by atoms with Crippen molar-refractivity contribution in [3.63, 3.8) is 0 Å². The molecule has 2 aliphatic carbocycles. The molecule has 2 bridgehead atoms. The van der Waals surface area contributed by atoms with E-state index in [1.165, 1.54) is 11.1 Å². The maximum Gasteiger partial charge on any atom is 0.131 e. The molecule has 0 aromatic heterocycles. The van der Waals surface area contributed by atoms with E-state index in [1.54, 1.807) is 13.8 Å². The number of benzene rings is 2. The van der Waals surface area contributed by atoms with Crippen LogP contribution in [0.2, 0.25) is 0 Å². The monoisotopic (exact) mass is 434 g/mol. The molecule has 4 unspecified atom stereocenters. The first kappa shape index (κ1) is 19.0. The minimum atomic E-state index is -0.525. The first-order valence-corrected chi connectivity index (χ1v) is 10.5. The van der Waals surface area contributed by atoms with E-state index in [1.807, 2.05) is 6.07 Å². The highest BCUT2D eigenvalue weighted by Crippen LogP contribution is 2.64. The summed E-state index contributed by atoms with van der Waals surface area (Å²) in [6.45, 7) is 6.34. The summed E-state index contributed by atoms with van der Waals surface area (Å²) in [5, 5.41) is 21.6. The fourth-order valence-corrected chi connectivity index (χ4v) is 5.20. The molecule has 2 aliphatic rings. The van der Waals surface area contributed by atoms with Gasteiger partial charge in [0.15, 0.2) is 0 Å². The maximum atomic E-state index is 9.79. The highest BCUT2D eigenvalue weighted by atomic mass is 79.9. The fourth-order valence-electron chi connectivity index (χ4n) is 4.83. The molecule has 2 N–H and O–H groups in total. The molecule has 0 heterocycles. The largest absolute Gasteiger partial charge is 0.490 e. The SMILES string of the molecule is CC(O)COc1c2c(c(OCC(C)O)c3ccc(Br)cc13)C1(C)CCC2C1. The molecule has 1 saturated carbocycles. The Morgan fingerprint density at radius 2 is 1.78 bits per heavy atom. The topological polar surface area (TPSA) is 58.9 Å². The van der Waals surface area contributed by atoms with Crippen LogP contribution in [0.4, 0.5) is 0 Å².